The lowest BCUT2D eigenvalue weighted by Crippen LogP contribution is -2.37. The Morgan fingerprint density at radius 1 is 1.53 bits per heavy atom. The minimum absolute atomic E-state index is 0.0458. The molecule has 0 saturated heterocycles. The molecule has 0 aliphatic heterocycles. The van der Waals surface area contributed by atoms with Crippen molar-refractivity contribution in [3.8, 4) is 5.75 Å². The molecule has 0 amide bonds. The Labute approximate surface area is 110 Å². The van der Waals surface area contributed by atoms with Crippen LogP contribution in [0.25, 0.3) is 10.4 Å². The van der Waals surface area contributed by atoms with E-state index in [0.29, 0.717) is 12.2 Å². The first-order chi connectivity index (χ1) is 9.15. The van der Waals surface area contributed by atoms with Gasteiger partial charge in [-0.05, 0) is 29.6 Å². The van der Waals surface area contributed by atoms with Crippen LogP contribution < -0.4 is 4.74 Å². The molecule has 6 nitrogen and oxygen atoms in total. The fourth-order valence-electron chi connectivity index (χ4n) is 2.47. The summed E-state index contributed by atoms with van der Waals surface area (Å²) in [6.45, 7) is 0. The van der Waals surface area contributed by atoms with Crippen LogP contribution in [0.1, 0.15) is 24.3 Å². The molecule has 1 N–H and O–H groups in total. The lowest BCUT2D eigenvalue weighted by atomic mass is 9.78. The number of Topliss-reactive ketones (excluding diaryl/α,β-unsaturated/α-hetero) is 1. The molecule has 6 heteroatoms. The van der Waals surface area contributed by atoms with Gasteiger partial charge in [0.25, 0.3) is 0 Å². The van der Waals surface area contributed by atoms with Crippen LogP contribution in [0, 0.1) is 0 Å². The second-order valence-corrected chi connectivity index (χ2v) is 4.59. The number of ketones is 1. The highest BCUT2D eigenvalue weighted by atomic mass is 16.5. The summed E-state index contributed by atoms with van der Waals surface area (Å²) in [5.41, 5.74) is 9.42. The Kier molecular flexibility index (Phi) is 4.04. The van der Waals surface area contributed by atoms with Crippen molar-refractivity contribution < 1.29 is 14.6 Å². The molecule has 0 bridgehead atoms. The first-order valence-electron chi connectivity index (χ1n) is 6.04. The number of carbonyl (C=O) groups excluding carboxylic acids is 1. The number of benzene rings is 1. The van der Waals surface area contributed by atoms with E-state index in [9.17, 15) is 9.90 Å². The van der Waals surface area contributed by atoms with Gasteiger partial charge in [0.15, 0.2) is 0 Å². The number of aliphatic hydroxyl groups excluding tert-OH is 1. The van der Waals surface area contributed by atoms with Gasteiger partial charge in [0.1, 0.15) is 17.6 Å². The number of hydrogen-bond donors (Lipinski definition) is 1. The highest BCUT2D eigenvalue weighted by molar-refractivity contribution is 5.86. The SMILES string of the molecule is COc1cccc([C@H]2C[C@H](O)CC(=O)[C@@H]2N=[N+]=[N-])c1. The van der Waals surface area contributed by atoms with Gasteiger partial charge in [0.2, 0.25) is 0 Å². The van der Waals surface area contributed by atoms with Crippen LogP contribution >= 0.6 is 0 Å². The fourth-order valence-corrected chi connectivity index (χ4v) is 2.47. The normalized spacial score (nSPS) is 26.6. The zero-order chi connectivity index (χ0) is 13.8. The molecule has 1 aromatic carbocycles. The summed E-state index contributed by atoms with van der Waals surface area (Å²) in [6, 6.07) is 6.51. The van der Waals surface area contributed by atoms with Crippen LogP contribution in [0.2, 0.25) is 0 Å². The average Bonchev–Trinajstić information content (AvgIpc) is 2.41. The molecule has 1 aliphatic carbocycles. The third kappa shape index (κ3) is 2.86. The van der Waals surface area contributed by atoms with Crippen molar-refractivity contribution in [2.24, 2.45) is 5.11 Å². The number of nitrogens with zero attached hydrogens (tertiary/aromatic N) is 3. The van der Waals surface area contributed by atoms with Gasteiger partial charge >= 0.3 is 0 Å². The largest absolute Gasteiger partial charge is 0.497 e. The zero-order valence-electron chi connectivity index (χ0n) is 10.6. The smallest absolute Gasteiger partial charge is 0.145 e. The van der Waals surface area contributed by atoms with Gasteiger partial charge in [0, 0.05) is 17.3 Å². The van der Waals surface area contributed by atoms with E-state index in [1.807, 2.05) is 12.1 Å². The molecule has 1 saturated carbocycles. The van der Waals surface area contributed by atoms with Gasteiger partial charge < -0.3 is 9.84 Å². The zero-order valence-corrected chi connectivity index (χ0v) is 10.6. The van der Waals surface area contributed by atoms with Crippen LogP contribution in [0.3, 0.4) is 0 Å². The van der Waals surface area contributed by atoms with Crippen molar-refractivity contribution >= 4 is 5.78 Å². The average molecular weight is 261 g/mol. The topological polar surface area (TPSA) is 95.3 Å². The van der Waals surface area contributed by atoms with Crippen molar-refractivity contribution in [3.05, 3.63) is 40.3 Å². The number of ether oxygens (including phenoxy) is 1. The Balaban J connectivity index is 2.37. The van der Waals surface area contributed by atoms with Crippen LogP contribution in [0.15, 0.2) is 29.4 Å². The monoisotopic (exact) mass is 261 g/mol. The Hall–Kier alpha value is -2.04. The molecule has 1 aromatic rings. The summed E-state index contributed by atoms with van der Waals surface area (Å²) in [5, 5.41) is 13.3. The predicted molar refractivity (Wildman–Crippen MR) is 68.9 cm³/mol. The van der Waals surface area contributed by atoms with E-state index < -0.39 is 12.1 Å². The van der Waals surface area contributed by atoms with E-state index >= 15 is 0 Å². The molecule has 2 rings (SSSR count). The van der Waals surface area contributed by atoms with Crippen molar-refractivity contribution in [1.29, 1.82) is 0 Å². The number of aliphatic hydroxyl groups is 1. The minimum Gasteiger partial charge on any atom is -0.497 e. The first kappa shape index (κ1) is 13.4. The minimum atomic E-state index is -0.750. The van der Waals surface area contributed by atoms with Gasteiger partial charge in [-0.2, -0.15) is 0 Å². The van der Waals surface area contributed by atoms with E-state index in [2.05, 4.69) is 10.0 Å². The molecule has 1 fully saturated rings. The number of methoxy groups -OCH3 is 1. The van der Waals surface area contributed by atoms with Crippen LogP contribution in [-0.2, 0) is 4.79 Å². The Bertz CT molecular complexity index is 526. The van der Waals surface area contributed by atoms with E-state index in [4.69, 9.17) is 10.3 Å². The summed E-state index contributed by atoms with van der Waals surface area (Å²) in [5.74, 6) is 0.149. The lowest BCUT2D eigenvalue weighted by Gasteiger charge is -2.30. The van der Waals surface area contributed by atoms with Crippen LogP contribution in [0.4, 0.5) is 0 Å². The lowest BCUT2D eigenvalue weighted by molar-refractivity contribution is -0.125. The molecule has 0 unspecified atom stereocenters. The highest BCUT2D eigenvalue weighted by Crippen LogP contribution is 2.35. The Morgan fingerprint density at radius 3 is 3.00 bits per heavy atom. The summed E-state index contributed by atoms with van der Waals surface area (Å²) in [7, 11) is 1.56. The highest BCUT2D eigenvalue weighted by Gasteiger charge is 2.36. The summed E-state index contributed by atoms with van der Waals surface area (Å²) < 4.78 is 5.14. The number of rotatable bonds is 3. The molecule has 100 valence electrons. The molecule has 0 radical (unpaired) electrons. The van der Waals surface area contributed by atoms with Crippen molar-refractivity contribution in [1.82, 2.24) is 0 Å². The van der Waals surface area contributed by atoms with Crippen molar-refractivity contribution in [3.63, 3.8) is 0 Å². The molecular formula is C13H15N3O3. The quantitative estimate of drug-likeness (QED) is 0.513. The van der Waals surface area contributed by atoms with Crippen molar-refractivity contribution in [2.75, 3.05) is 7.11 Å². The van der Waals surface area contributed by atoms with Crippen LogP contribution in [0.5, 0.6) is 5.75 Å². The summed E-state index contributed by atoms with van der Waals surface area (Å²) in [6.07, 6.45) is -0.235. The second kappa shape index (κ2) is 5.73. The maximum Gasteiger partial charge on any atom is 0.145 e. The summed E-state index contributed by atoms with van der Waals surface area (Å²) in [4.78, 5) is 14.6. The second-order valence-electron chi connectivity index (χ2n) is 4.59. The fraction of sp³-hybridized carbons (Fsp3) is 0.462. The van der Waals surface area contributed by atoms with Gasteiger partial charge in [-0.3, -0.25) is 4.79 Å². The third-order valence-corrected chi connectivity index (χ3v) is 3.37. The standard InChI is InChI=1S/C13H15N3O3/c1-19-10-4-2-3-8(5-10)11-6-9(17)7-12(18)13(11)15-16-14/h2-5,9,11,13,17H,6-7H2,1H3/t9-,11+,13+/m0/s1. The molecule has 3 atom stereocenters. The molecular weight excluding hydrogens is 246 g/mol. The van der Waals surface area contributed by atoms with Crippen LogP contribution in [-0.4, -0.2) is 30.1 Å². The third-order valence-electron chi connectivity index (χ3n) is 3.37. The predicted octanol–water partition coefficient (Wildman–Crippen LogP) is 2.18. The van der Waals surface area contributed by atoms with Gasteiger partial charge in [-0.15, -0.1) is 0 Å². The number of carbonyl (C=O) groups is 1. The maximum atomic E-state index is 11.9. The summed E-state index contributed by atoms with van der Waals surface area (Å²) >= 11 is 0. The molecule has 1 aliphatic rings. The molecule has 0 heterocycles. The van der Waals surface area contributed by atoms with E-state index in [1.165, 1.54) is 0 Å². The molecule has 19 heavy (non-hydrogen) atoms. The molecule has 0 spiro atoms. The number of hydrogen-bond acceptors (Lipinski definition) is 4. The number of azide groups is 1. The maximum absolute atomic E-state index is 11.9. The van der Waals surface area contributed by atoms with E-state index in [-0.39, 0.29) is 18.1 Å². The molecule has 0 aromatic heterocycles. The Morgan fingerprint density at radius 2 is 2.32 bits per heavy atom. The van der Waals surface area contributed by atoms with Gasteiger partial charge in [-0.25, -0.2) is 0 Å². The van der Waals surface area contributed by atoms with E-state index in [0.717, 1.165) is 5.56 Å². The first-order valence-corrected chi connectivity index (χ1v) is 6.04. The van der Waals surface area contributed by atoms with Crippen molar-refractivity contribution in [2.45, 2.75) is 30.9 Å². The van der Waals surface area contributed by atoms with Gasteiger partial charge in [-0.1, -0.05) is 17.2 Å². The van der Waals surface area contributed by atoms with Gasteiger partial charge in [0.05, 0.1) is 13.2 Å². The van der Waals surface area contributed by atoms with E-state index in [1.54, 1.807) is 19.2 Å².